The Kier molecular flexibility index (Phi) is 6.35. The maximum atomic E-state index is 11.7. The van der Waals surface area contributed by atoms with Gasteiger partial charge in [-0.1, -0.05) is 26.7 Å². The molecule has 0 heterocycles. The fourth-order valence-electron chi connectivity index (χ4n) is 1.35. The van der Waals surface area contributed by atoms with Crippen LogP contribution in [0.15, 0.2) is 0 Å². The van der Waals surface area contributed by atoms with Crippen molar-refractivity contribution in [1.82, 2.24) is 4.90 Å². The molecule has 0 aromatic carbocycles. The highest BCUT2D eigenvalue weighted by Gasteiger charge is 2.23. The van der Waals surface area contributed by atoms with Crippen molar-refractivity contribution in [2.75, 3.05) is 13.1 Å². The molecule has 0 aromatic heterocycles. The number of hydrogen-bond acceptors (Lipinski definition) is 1. The third-order valence-corrected chi connectivity index (χ3v) is 2.32. The molecule has 1 radical (unpaired) electrons. The van der Waals surface area contributed by atoms with Crippen LogP contribution in [-0.4, -0.2) is 23.7 Å². The van der Waals surface area contributed by atoms with Crippen LogP contribution in [0, 0.1) is 0 Å². The first-order chi connectivity index (χ1) is 6.02. The molecule has 2 heteroatoms. The monoisotopic (exact) mass is 186 g/mol. The molecule has 0 saturated carbocycles. The molecule has 0 fully saturated rings. The van der Waals surface area contributed by atoms with E-state index in [1.54, 1.807) is 13.8 Å². The lowest BCUT2D eigenvalue weighted by atomic mass is 10.2. The maximum Gasteiger partial charge on any atom is 0.151 e. The van der Waals surface area contributed by atoms with E-state index < -0.39 is 5.72 Å². The zero-order chi connectivity index (χ0) is 10.3. The first-order valence-corrected chi connectivity index (χ1v) is 5.47. The van der Waals surface area contributed by atoms with E-state index in [1.165, 1.54) is 12.8 Å². The van der Waals surface area contributed by atoms with Crippen LogP contribution >= 0.6 is 0 Å². The Balaban J connectivity index is 3.88. The number of hydrogen-bond donors (Lipinski definition) is 0. The average molecular weight is 186 g/mol. The highest BCUT2D eigenvalue weighted by Crippen LogP contribution is 2.13. The van der Waals surface area contributed by atoms with Crippen molar-refractivity contribution in [3.05, 3.63) is 0 Å². The highest BCUT2D eigenvalue weighted by atomic mass is 16.3. The molecule has 0 amide bonds. The molecule has 0 bridgehead atoms. The molecular weight excluding hydrogens is 162 g/mol. The van der Waals surface area contributed by atoms with Crippen LogP contribution in [0.25, 0.3) is 0 Å². The first kappa shape index (κ1) is 12.9. The third-order valence-electron chi connectivity index (χ3n) is 2.32. The Morgan fingerprint density at radius 2 is 1.38 bits per heavy atom. The summed E-state index contributed by atoms with van der Waals surface area (Å²) in [4.78, 5) is 2.06. The molecule has 0 aromatic rings. The van der Waals surface area contributed by atoms with E-state index in [4.69, 9.17) is 0 Å². The van der Waals surface area contributed by atoms with Gasteiger partial charge in [-0.15, -0.1) is 0 Å². The lowest BCUT2D eigenvalue weighted by molar-refractivity contribution is -0.128. The van der Waals surface area contributed by atoms with E-state index in [0.29, 0.717) is 0 Å². The van der Waals surface area contributed by atoms with Crippen molar-refractivity contribution in [2.24, 2.45) is 0 Å². The quantitative estimate of drug-likeness (QED) is 0.560. The van der Waals surface area contributed by atoms with Crippen LogP contribution < -0.4 is 0 Å². The Bertz CT molecular complexity index is 110. The predicted octanol–water partition coefficient (Wildman–Crippen LogP) is 3.06. The highest BCUT2D eigenvalue weighted by molar-refractivity contribution is 4.68. The largest absolute Gasteiger partial charge is 0.274 e. The summed E-state index contributed by atoms with van der Waals surface area (Å²) in [5.74, 6) is 0. The molecule has 0 saturated heterocycles. The van der Waals surface area contributed by atoms with Gasteiger partial charge in [0.05, 0.1) is 0 Å². The summed E-state index contributed by atoms with van der Waals surface area (Å²) in [5.41, 5.74) is -0.898. The number of unbranched alkanes of at least 4 members (excludes halogenated alkanes) is 2. The van der Waals surface area contributed by atoms with Crippen LogP contribution in [-0.2, 0) is 5.11 Å². The molecule has 0 aliphatic heterocycles. The minimum atomic E-state index is -0.898. The summed E-state index contributed by atoms with van der Waals surface area (Å²) >= 11 is 0. The number of nitrogens with zero attached hydrogens (tertiary/aromatic N) is 1. The molecule has 13 heavy (non-hydrogen) atoms. The zero-order valence-corrected chi connectivity index (χ0v) is 9.60. The Labute approximate surface area is 82.9 Å². The SMILES string of the molecule is CCCCN(CCCC)C(C)(C)[O]. The standard InChI is InChI=1S/C11H24NO/c1-5-7-9-12(10-8-6-2)11(3,4)13/h5-10H2,1-4H3. The van der Waals surface area contributed by atoms with Gasteiger partial charge in [-0.25, -0.2) is 5.11 Å². The van der Waals surface area contributed by atoms with E-state index in [2.05, 4.69) is 18.7 Å². The lowest BCUT2D eigenvalue weighted by Gasteiger charge is -2.32. The Morgan fingerprint density at radius 3 is 1.62 bits per heavy atom. The van der Waals surface area contributed by atoms with Crippen molar-refractivity contribution < 1.29 is 5.11 Å². The maximum absolute atomic E-state index is 11.7. The van der Waals surface area contributed by atoms with Crippen LogP contribution in [0.2, 0.25) is 0 Å². The smallest absolute Gasteiger partial charge is 0.151 e. The Morgan fingerprint density at radius 1 is 1.00 bits per heavy atom. The van der Waals surface area contributed by atoms with Crippen molar-refractivity contribution in [3.63, 3.8) is 0 Å². The van der Waals surface area contributed by atoms with Crippen molar-refractivity contribution >= 4 is 0 Å². The van der Waals surface area contributed by atoms with E-state index in [9.17, 15) is 5.11 Å². The van der Waals surface area contributed by atoms with Crippen LogP contribution in [0.1, 0.15) is 53.4 Å². The van der Waals surface area contributed by atoms with E-state index in [-0.39, 0.29) is 0 Å². The minimum Gasteiger partial charge on any atom is -0.274 e. The van der Waals surface area contributed by atoms with Crippen molar-refractivity contribution in [1.29, 1.82) is 0 Å². The van der Waals surface area contributed by atoms with Gasteiger partial charge in [-0.2, -0.15) is 0 Å². The summed E-state index contributed by atoms with van der Waals surface area (Å²) in [5, 5.41) is 11.7. The topological polar surface area (TPSA) is 23.1 Å². The van der Waals surface area contributed by atoms with Crippen LogP contribution in [0.5, 0.6) is 0 Å². The number of rotatable bonds is 7. The molecule has 0 aliphatic rings. The van der Waals surface area contributed by atoms with Crippen LogP contribution in [0.3, 0.4) is 0 Å². The molecule has 0 N–H and O–H groups in total. The average Bonchev–Trinajstić information content (AvgIpc) is 2.02. The van der Waals surface area contributed by atoms with Crippen LogP contribution in [0.4, 0.5) is 0 Å². The van der Waals surface area contributed by atoms with E-state index >= 15 is 0 Å². The summed E-state index contributed by atoms with van der Waals surface area (Å²) in [6.45, 7) is 9.75. The lowest BCUT2D eigenvalue weighted by Crippen LogP contribution is -2.43. The summed E-state index contributed by atoms with van der Waals surface area (Å²) in [6, 6.07) is 0. The van der Waals surface area contributed by atoms with E-state index in [1.807, 2.05) is 0 Å². The van der Waals surface area contributed by atoms with Gasteiger partial charge < -0.3 is 0 Å². The van der Waals surface area contributed by atoms with Gasteiger partial charge in [-0.3, -0.25) is 4.90 Å². The summed E-state index contributed by atoms with van der Waals surface area (Å²) < 4.78 is 0. The summed E-state index contributed by atoms with van der Waals surface area (Å²) in [6.07, 6.45) is 4.60. The summed E-state index contributed by atoms with van der Waals surface area (Å²) in [7, 11) is 0. The van der Waals surface area contributed by atoms with Gasteiger partial charge in [0, 0.05) is 13.1 Å². The van der Waals surface area contributed by atoms with E-state index in [0.717, 1.165) is 25.9 Å². The molecule has 0 unspecified atom stereocenters. The van der Waals surface area contributed by atoms with Gasteiger partial charge in [0.25, 0.3) is 0 Å². The normalized spacial score (nSPS) is 12.5. The Hall–Kier alpha value is -0.0800. The van der Waals surface area contributed by atoms with Crippen molar-refractivity contribution in [3.8, 4) is 0 Å². The third kappa shape index (κ3) is 6.05. The molecule has 0 aliphatic carbocycles. The second kappa shape index (κ2) is 6.39. The zero-order valence-electron chi connectivity index (χ0n) is 9.60. The second-order valence-electron chi connectivity index (χ2n) is 4.14. The van der Waals surface area contributed by atoms with Gasteiger partial charge in [-0.05, 0) is 26.7 Å². The fourth-order valence-corrected chi connectivity index (χ4v) is 1.35. The predicted molar refractivity (Wildman–Crippen MR) is 56.2 cm³/mol. The second-order valence-corrected chi connectivity index (χ2v) is 4.14. The van der Waals surface area contributed by atoms with Gasteiger partial charge in [0.1, 0.15) is 0 Å². The molecule has 2 nitrogen and oxygen atoms in total. The molecule has 0 atom stereocenters. The van der Waals surface area contributed by atoms with Crippen molar-refractivity contribution in [2.45, 2.75) is 59.1 Å². The molecule has 0 spiro atoms. The minimum absolute atomic E-state index is 0.898. The fraction of sp³-hybridized carbons (Fsp3) is 1.00. The molecular formula is C11H24NO. The van der Waals surface area contributed by atoms with Gasteiger partial charge in [0.2, 0.25) is 0 Å². The first-order valence-electron chi connectivity index (χ1n) is 5.47. The molecule has 0 rings (SSSR count). The van der Waals surface area contributed by atoms with Gasteiger partial charge >= 0.3 is 0 Å². The molecule has 79 valence electrons. The van der Waals surface area contributed by atoms with Gasteiger partial charge in [0.15, 0.2) is 5.72 Å².